The van der Waals surface area contributed by atoms with Crippen LogP contribution in [0.5, 0.6) is 0 Å². The van der Waals surface area contributed by atoms with Crippen LogP contribution in [0.2, 0.25) is 5.02 Å². The fourth-order valence-electron chi connectivity index (χ4n) is 1.92. The molecule has 0 aliphatic carbocycles. The third kappa shape index (κ3) is 2.77. The lowest BCUT2D eigenvalue weighted by molar-refractivity contribution is 0.101. The number of aliphatic hydroxyl groups excluding tert-OH is 1. The Balaban J connectivity index is 2.97. The highest BCUT2D eigenvalue weighted by Crippen LogP contribution is 2.31. The molecule has 0 fully saturated rings. The van der Waals surface area contributed by atoms with Crippen LogP contribution in [0.4, 0.5) is 0 Å². The molecule has 3 nitrogen and oxygen atoms in total. The molecule has 0 bridgehead atoms. The molecular formula is C12H21ClN2O. The summed E-state index contributed by atoms with van der Waals surface area (Å²) in [5.74, 6) is 0.205. The molecule has 0 radical (unpaired) electrons. The van der Waals surface area contributed by atoms with Crippen LogP contribution in [-0.4, -0.2) is 14.9 Å². The molecule has 0 saturated carbocycles. The highest BCUT2D eigenvalue weighted by atomic mass is 35.5. The topological polar surface area (TPSA) is 38.1 Å². The Morgan fingerprint density at radius 1 is 1.44 bits per heavy atom. The molecule has 0 amide bonds. The second-order valence-electron chi connectivity index (χ2n) is 4.63. The summed E-state index contributed by atoms with van der Waals surface area (Å²) in [6, 6.07) is 0.214. The average molecular weight is 245 g/mol. The minimum Gasteiger partial charge on any atom is -0.386 e. The minimum atomic E-state index is -0.530. The standard InChI is InChI=1S/C12H21ClN2O/c1-5-6-9(4)12(16)11-10(13)7-14-15(11)8(2)3/h7-9,12,16H,5-6H2,1-4H3. The van der Waals surface area contributed by atoms with Gasteiger partial charge in [0, 0.05) is 6.04 Å². The Kier molecular flexibility index (Phi) is 4.81. The molecule has 1 rings (SSSR count). The van der Waals surface area contributed by atoms with Gasteiger partial charge >= 0.3 is 0 Å². The summed E-state index contributed by atoms with van der Waals surface area (Å²) in [6.45, 7) is 8.22. The van der Waals surface area contributed by atoms with Crippen molar-refractivity contribution in [2.45, 2.75) is 52.7 Å². The lowest BCUT2D eigenvalue weighted by atomic mass is 9.97. The van der Waals surface area contributed by atoms with Gasteiger partial charge in [0.25, 0.3) is 0 Å². The van der Waals surface area contributed by atoms with Crippen molar-refractivity contribution >= 4 is 11.6 Å². The van der Waals surface area contributed by atoms with Crippen LogP contribution in [0.15, 0.2) is 6.20 Å². The lowest BCUT2D eigenvalue weighted by Gasteiger charge is -2.21. The van der Waals surface area contributed by atoms with E-state index in [4.69, 9.17) is 11.6 Å². The van der Waals surface area contributed by atoms with Gasteiger partial charge in [-0.15, -0.1) is 0 Å². The quantitative estimate of drug-likeness (QED) is 0.860. The number of hydrogen-bond donors (Lipinski definition) is 1. The normalized spacial score (nSPS) is 15.4. The Hall–Kier alpha value is -0.540. The Bertz CT molecular complexity index is 336. The van der Waals surface area contributed by atoms with Crippen LogP contribution in [0.3, 0.4) is 0 Å². The van der Waals surface area contributed by atoms with Crippen molar-refractivity contribution in [2.75, 3.05) is 0 Å². The van der Waals surface area contributed by atoms with Crippen LogP contribution in [0.1, 0.15) is 58.4 Å². The fraction of sp³-hybridized carbons (Fsp3) is 0.750. The van der Waals surface area contributed by atoms with Crippen LogP contribution >= 0.6 is 11.6 Å². The van der Waals surface area contributed by atoms with E-state index in [1.165, 1.54) is 0 Å². The molecule has 0 aliphatic rings. The molecule has 16 heavy (non-hydrogen) atoms. The van der Waals surface area contributed by atoms with Gasteiger partial charge in [0.1, 0.15) is 0 Å². The van der Waals surface area contributed by atoms with Gasteiger partial charge < -0.3 is 5.11 Å². The van der Waals surface area contributed by atoms with Crippen molar-refractivity contribution in [2.24, 2.45) is 5.92 Å². The zero-order valence-electron chi connectivity index (χ0n) is 10.4. The average Bonchev–Trinajstić information content (AvgIpc) is 2.59. The summed E-state index contributed by atoms with van der Waals surface area (Å²) in [5.41, 5.74) is 0.748. The summed E-state index contributed by atoms with van der Waals surface area (Å²) >= 11 is 6.08. The first kappa shape index (κ1) is 13.5. The van der Waals surface area contributed by atoms with E-state index >= 15 is 0 Å². The Morgan fingerprint density at radius 3 is 2.56 bits per heavy atom. The van der Waals surface area contributed by atoms with E-state index in [-0.39, 0.29) is 12.0 Å². The van der Waals surface area contributed by atoms with Crippen LogP contribution in [0.25, 0.3) is 0 Å². The first-order valence-electron chi connectivity index (χ1n) is 5.90. The van der Waals surface area contributed by atoms with Crippen molar-refractivity contribution in [3.8, 4) is 0 Å². The molecule has 1 heterocycles. The number of hydrogen-bond acceptors (Lipinski definition) is 2. The Morgan fingerprint density at radius 2 is 2.06 bits per heavy atom. The molecule has 0 aromatic carbocycles. The van der Waals surface area contributed by atoms with Gasteiger partial charge in [0.05, 0.1) is 23.0 Å². The molecule has 2 unspecified atom stereocenters. The van der Waals surface area contributed by atoms with E-state index in [1.807, 2.05) is 20.8 Å². The summed E-state index contributed by atoms with van der Waals surface area (Å²) in [5, 5.41) is 15.0. The molecule has 0 spiro atoms. The Labute approximate surface area is 102 Å². The molecule has 0 saturated heterocycles. The van der Waals surface area contributed by atoms with E-state index in [9.17, 15) is 5.11 Å². The SMILES string of the molecule is CCCC(C)C(O)c1c(Cl)cnn1C(C)C. The van der Waals surface area contributed by atoms with E-state index < -0.39 is 6.10 Å². The van der Waals surface area contributed by atoms with Gasteiger partial charge in [-0.25, -0.2) is 0 Å². The number of aliphatic hydroxyl groups is 1. The smallest absolute Gasteiger partial charge is 0.0997 e. The van der Waals surface area contributed by atoms with E-state index in [0.717, 1.165) is 18.5 Å². The zero-order valence-corrected chi connectivity index (χ0v) is 11.2. The highest BCUT2D eigenvalue weighted by molar-refractivity contribution is 6.31. The molecule has 1 N–H and O–H groups in total. The molecule has 92 valence electrons. The van der Waals surface area contributed by atoms with E-state index in [2.05, 4.69) is 12.0 Å². The summed E-state index contributed by atoms with van der Waals surface area (Å²) in [4.78, 5) is 0. The molecule has 4 heteroatoms. The molecule has 0 aliphatic heterocycles. The van der Waals surface area contributed by atoms with Gasteiger partial charge in [-0.1, -0.05) is 31.9 Å². The molecule has 1 aromatic heterocycles. The second kappa shape index (κ2) is 5.69. The third-order valence-electron chi connectivity index (χ3n) is 2.84. The fourth-order valence-corrected chi connectivity index (χ4v) is 2.16. The van der Waals surface area contributed by atoms with Crippen molar-refractivity contribution in [3.63, 3.8) is 0 Å². The van der Waals surface area contributed by atoms with Crippen LogP contribution in [0, 0.1) is 5.92 Å². The van der Waals surface area contributed by atoms with E-state index in [1.54, 1.807) is 10.9 Å². The van der Waals surface area contributed by atoms with Gasteiger partial charge in [0.15, 0.2) is 0 Å². The molecule has 2 atom stereocenters. The predicted octanol–water partition coefficient (Wildman–Crippen LogP) is 3.59. The lowest BCUT2D eigenvalue weighted by Crippen LogP contribution is -2.16. The molecular weight excluding hydrogens is 224 g/mol. The van der Waals surface area contributed by atoms with E-state index in [0.29, 0.717) is 5.02 Å². The summed E-state index contributed by atoms with van der Waals surface area (Å²) < 4.78 is 1.80. The van der Waals surface area contributed by atoms with Gasteiger partial charge in [-0.05, 0) is 26.2 Å². The van der Waals surface area contributed by atoms with Crippen molar-refractivity contribution in [3.05, 3.63) is 16.9 Å². The maximum Gasteiger partial charge on any atom is 0.0997 e. The first-order valence-corrected chi connectivity index (χ1v) is 6.27. The van der Waals surface area contributed by atoms with Crippen LogP contribution in [-0.2, 0) is 0 Å². The van der Waals surface area contributed by atoms with Crippen molar-refractivity contribution in [1.82, 2.24) is 9.78 Å². The van der Waals surface area contributed by atoms with Crippen molar-refractivity contribution < 1.29 is 5.11 Å². The maximum atomic E-state index is 10.3. The number of nitrogens with zero attached hydrogens (tertiary/aromatic N) is 2. The highest BCUT2D eigenvalue weighted by Gasteiger charge is 2.24. The largest absolute Gasteiger partial charge is 0.386 e. The molecule has 1 aromatic rings. The first-order chi connectivity index (χ1) is 7.49. The summed E-state index contributed by atoms with van der Waals surface area (Å²) in [7, 11) is 0. The van der Waals surface area contributed by atoms with Gasteiger partial charge in [0.2, 0.25) is 0 Å². The number of halogens is 1. The number of rotatable bonds is 5. The van der Waals surface area contributed by atoms with Gasteiger partial charge in [-0.2, -0.15) is 5.10 Å². The number of aromatic nitrogens is 2. The van der Waals surface area contributed by atoms with Gasteiger partial charge in [-0.3, -0.25) is 4.68 Å². The summed E-state index contributed by atoms with van der Waals surface area (Å²) in [6.07, 6.45) is 3.13. The third-order valence-corrected chi connectivity index (χ3v) is 3.13. The second-order valence-corrected chi connectivity index (χ2v) is 5.03. The maximum absolute atomic E-state index is 10.3. The van der Waals surface area contributed by atoms with Crippen molar-refractivity contribution in [1.29, 1.82) is 0 Å². The monoisotopic (exact) mass is 244 g/mol. The zero-order chi connectivity index (χ0) is 12.3. The van der Waals surface area contributed by atoms with Crippen LogP contribution < -0.4 is 0 Å². The minimum absolute atomic E-state index is 0.205. The predicted molar refractivity (Wildman–Crippen MR) is 66.7 cm³/mol.